The summed E-state index contributed by atoms with van der Waals surface area (Å²) in [7, 11) is 0. The molecule has 1 aliphatic rings. The molecular weight excluding hydrogens is 392 g/mol. The highest BCUT2D eigenvalue weighted by atomic mass is 16.6. The zero-order valence-corrected chi connectivity index (χ0v) is 17.1. The quantitative estimate of drug-likeness (QED) is 0.593. The van der Waals surface area contributed by atoms with Gasteiger partial charge in [-0.1, -0.05) is 12.1 Å². The number of carbonyl (C=O) groups is 1. The number of ether oxygens (including phenoxy) is 2. The molecule has 0 radical (unpaired) electrons. The number of likely N-dealkylation sites (N-methyl/N-ethyl adjacent to an activating group) is 1. The second-order valence-electron chi connectivity index (χ2n) is 7.13. The van der Waals surface area contributed by atoms with Crippen molar-refractivity contribution < 1.29 is 14.3 Å². The Balaban J connectivity index is 1.36. The lowest BCUT2D eigenvalue weighted by Crippen LogP contribution is -2.34. The molecule has 3 aromatic rings. The number of aromatic nitrogens is 1. The van der Waals surface area contributed by atoms with E-state index in [0.29, 0.717) is 30.3 Å². The number of benzene rings is 2. The molecule has 1 aliphatic heterocycles. The zero-order chi connectivity index (χ0) is 21.6. The molecule has 31 heavy (non-hydrogen) atoms. The predicted molar refractivity (Wildman–Crippen MR) is 116 cm³/mol. The van der Waals surface area contributed by atoms with E-state index in [1.165, 1.54) is 0 Å². The number of hydrogen-bond acceptors (Lipinski definition) is 6. The first-order chi connectivity index (χ1) is 15.2. The molecule has 7 heteroatoms. The molecule has 0 spiro atoms. The van der Waals surface area contributed by atoms with Gasteiger partial charge in [0, 0.05) is 18.4 Å². The van der Waals surface area contributed by atoms with Gasteiger partial charge < -0.3 is 19.7 Å². The summed E-state index contributed by atoms with van der Waals surface area (Å²) in [5.74, 6) is 1.95. The van der Waals surface area contributed by atoms with Crippen LogP contribution in [-0.2, 0) is 11.2 Å². The monoisotopic (exact) mass is 414 g/mol. The molecule has 2 heterocycles. The number of hydrogen-bond donors (Lipinski definition) is 1. The van der Waals surface area contributed by atoms with Gasteiger partial charge in [-0.3, -0.25) is 0 Å². The first-order valence-corrected chi connectivity index (χ1v) is 10.1. The second-order valence-corrected chi connectivity index (χ2v) is 7.13. The van der Waals surface area contributed by atoms with Crippen LogP contribution in [0, 0.1) is 11.3 Å². The third-order valence-corrected chi connectivity index (χ3v) is 5.09. The van der Waals surface area contributed by atoms with E-state index in [4.69, 9.17) is 14.7 Å². The first kappa shape index (κ1) is 20.2. The van der Waals surface area contributed by atoms with Crippen LogP contribution in [0.3, 0.4) is 0 Å². The van der Waals surface area contributed by atoms with Crippen LogP contribution < -0.4 is 10.1 Å². The SMILES string of the molecule is CCN1C(=O)OC[C@@H]1Cc1ccc(Oc2ccc(Nc3ncccc3C#N)cc2)cc1. The number of nitriles is 1. The first-order valence-electron chi connectivity index (χ1n) is 10.1. The van der Waals surface area contributed by atoms with Gasteiger partial charge in [0.1, 0.15) is 30.0 Å². The van der Waals surface area contributed by atoms with E-state index in [0.717, 1.165) is 23.4 Å². The summed E-state index contributed by atoms with van der Waals surface area (Å²) in [6.45, 7) is 3.03. The second kappa shape index (κ2) is 9.18. The maximum absolute atomic E-state index is 11.7. The number of pyridine rings is 1. The lowest BCUT2D eigenvalue weighted by molar-refractivity contribution is 0.159. The van der Waals surface area contributed by atoms with E-state index in [-0.39, 0.29) is 12.1 Å². The maximum atomic E-state index is 11.7. The normalized spacial score (nSPS) is 15.3. The van der Waals surface area contributed by atoms with E-state index < -0.39 is 0 Å². The molecule has 0 saturated carbocycles. The molecule has 1 N–H and O–H groups in total. The molecule has 1 atom stereocenters. The molecule has 1 fully saturated rings. The van der Waals surface area contributed by atoms with Gasteiger partial charge in [-0.05, 0) is 67.4 Å². The van der Waals surface area contributed by atoms with Crippen molar-refractivity contribution in [1.29, 1.82) is 5.26 Å². The fraction of sp³-hybridized carbons (Fsp3) is 0.208. The van der Waals surface area contributed by atoms with Crippen molar-refractivity contribution in [3.8, 4) is 17.6 Å². The highest BCUT2D eigenvalue weighted by Crippen LogP contribution is 2.26. The minimum atomic E-state index is -0.239. The van der Waals surface area contributed by atoms with Crippen molar-refractivity contribution in [3.05, 3.63) is 78.0 Å². The van der Waals surface area contributed by atoms with Gasteiger partial charge >= 0.3 is 6.09 Å². The molecular formula is C24H22N4O3. The van der Waals surface area contributed by atoms with Crippen LogP contribution in [0.5, 0.6) is 11.5 Å². The lowest BCUT2D eigenvalue weighted by atomic mass is 10.1. The molecule has 7 nitrogen and oxygen atoms in total. The van der Waals surface area contributed by atoms with Gasteiger partial charge in [-0.25, -0.2) is 9.78 Å². The molecule has 1 saturated heterocycles. The largest absolute Gasteiger partial charge is 0.457 e. The Morgan fingerprint density at radius 3 is 2.55 bits per heavy atom. The minimum absolute atomic E-state index is 0.0740. The Kier molecular flexibility index (Phi) is 5.99. The van der Waals surface area contributed by atoms with Gasteiger partial charge in [0.25, 0.3) is 0 Å². The molecule has 1 aromatic heterocycles. The van der Waals surface area contributed by atoms with Gasteiger partial charge in [-0.15, -0.1) is 0 Å². The number of amides is 1. The predicted octanol–water partition coefficient (Wildman–Crippen LogP) is 4.87. The van der Waals surface area contributed by atoms with Crippen LogP contribution in [0.15, 0.2) is 66.9 Å². The van der Waals surface area contributed by atoms with Crippen LogP contribution in [0.2, 0.25) is 0 Å². The number of rotatable bonds is 7. The molecule has 156 valence electrons. The number of anilines is 2. The summed E-state index contributed by atoms with van der Waals surface area (Å²) in [5.41, 5.74) is 2.42. The van der Waals surface area contributed by atoms with Crippen molar-refractivity contribution in [3.63, 3.8) is 0 Å². The van der Waals surface area contributed by atoms with Crippen molar-refractivity contribution in [2.75, 3.05) is 18.5 Å². The van der Waals surface area contributed by atoms with Gasteiger partial charge in [-0.2, -0.15) is 5.26 Å². The Hall–Kier alpha value is -4.05. The lowest BCUT2D eigenvalue weighted by Gasteiger charge is -2.19. The smallest absolute Gasteiger partial charge is 0.410 e. The van der Waals surface area contributed by atoms with Crippen LogP contribution in [0.4, 0.5) is 16.3 Å². The average Bonchev–Trinajstić information content (AvgIpc) is 3.15. The Bertz CT molecular complexity index is 1090. The van der Waals surface area contributed by atoms with E-state index in [1.807, 2.05) is 55.5 Å². The average molecular weight is 414 g/mol. The highest BCUT2D eigenvalue weighted by Gasteiger charge is 2.31. The molecule has 0 bridgehead atoms. The van der Waals surface area contributed by atoms with Crippen LogP contribution in [-0.4, -0.2) is 35.2 Å². The van der Waals surface area contributed by atoms with E-state index in [1.54, 1.807) is 23.2 Å². The zero-order valence-electron chi connectivity index (χ0n) is 17.1. The number of nitrogens with zero attached hydrogens (tertiary/aromatic N) is 3. The fourth-order valence-electron chi connectivity index (χ4n) is 3.49. The van der Waals surface area contributed by atoms with Gasteiger partial charge in [0.05, 0.1) is 11.6 Å². The van der Waals surface area contributed by atoms with Crippen LogP contribution in [0.1, 0.15) is 18.1 Å². The summed E-state index contributed by atoms with van der Waals surface area (Å²) in [6, 6.07) is 20.9. The van der Waals surface area contributed by atoms with Gasteiger partial charge in [0.15, 0.2) is 0 Å². The van der Waals surface area contributed by atoms with Crippen molar-refractivity contribution in [2.45, 2.75) is 19.4 Å². The summed E-state index contributed by atoms with van der Waals surface area (Å²) >= 11 is 0. The standard InChI is InChI=1S/C24H22N4O3/c1-2-28-20(16-30-24(28)29)14-17-5-9-21(10-6-17)31-22-11-7-19(8-12-22)27-23-18(15-25)4-3-13-26-23/h3-13,20H,2,14,16H2,1H3,(H,26,27)/t20-/m0/s1. The van der Waals surface area contributed by atoms with Crippen molar-refractivity contribution >= 4 is 17.6 Å². The third kappa shape index (κ3) is 4.75. The summed E-state index contributed by atoms with van der Waals surface area (Å²) in [4.78, 5) is 17.6. The van der Waals surface area contributed by atoms with E-state index in [2.05, 4.69) is 16.4 Å². The Morgan fingerprint density at radius 1 is 1.16 bits per heavy atom. The third-order valence-electron chi connectivity index (χ3n) is 5.09. The van der Waals surface area contributed by atoms with Gasteiger partial charge in [0.2, 0.25) is 0 Å². The Labute approximate surface area is 180 Å². The summed E-state index contributed by atoms with van der Waals surface area (Å²) in [6.07, 6.45) is 2.15. The molecule has 0 aliphatic carbocycles. The van der Waals surface area contributed by atoms with Crippen LogP contribution >= 0.6 is 0 Å². The molecule has 1 amide bonds. The molecule has 0 unspecified atom stereocenters. The summed E-state index contributed by atoms with van der Waals surface area (Å²) in [5, 5.41) is 12.3. The van der Waals surface area contributed by atoms with E-state index >= 15 is 0 Å². The molecule has 2 aromatic carbocycles. The van der Waals surface area contributed by atoms with Crippen molar-refractivity contribution in [1.82, 2.24) is 9.88 Å². The maximum Gasteiger partial charge on any atom is 0.410 e. The van der Waals surface area contributed by atoms with Crippen molar-refractivity contribution in [2.24, 2.45) is 0 Å². The topological polar surface area (TPSA) is 87.5 Å². The number of nitrogens with one attached hydrogen (secondary N) is 1. The van der Waals surface area contributed by atoms with Crippen LogP contribution in [0.25, 0.3) is 0 Å². The number of cyclic esters (lactones) is 1. The number of carbonyl (C=O) groups excluding carboxylic acids is 1. The summed E-state index contributed by atoms with van der Waals surface area (Å²) < 4.78 is 11.1. The highest BCUT2D eigenvalue weighted by molar-refractivity contribution is 5.70. The Morgan fingerprint density at radius 2 is 1.87 bits per heavy atom. The fourth-order valence-corrected chi connectivity index (χ4v) is 3.49. The van der Waals surface area contributed by atoms with E-state index in [9.17, 15) is 4.79 Å². The molecule has 4 rings (SSSR count). The minimum Gasteiger partial charge on any atom is -0.457 e.